The zero-order valence-electron chi connectivity index (χ0n) is 9.82. The predicted molar refractivity (Wildman–Crippen MR) is 62.2 cm³/mol. The second-order valence-electron chi connectivity index (χ2n) is 3.93. The molecular formula is C11H20N2O3. The fourth-order valence-corrected chi connectivity index (χ4v) is 1.15. The van der Waals surface area contributed by atoms with Gasteiger partial charge < -0.3 is 15.7 Å². The largest absolute Gasteiger partial charge is 0.481 e. The van der Waals surface area contributed by atoms with Gasteiger partial charge in [0.1, 0.15) is 0 Å². The van der Waals surface area contributed by atoms with Crippen molar-refractivity contribution in [2.45, 2.75) is 32.7 Å². The molecular weight excluding hydrogens is 208 g/mol. The standard InChI is InChI=1S/C11H20N2O3/c1-4-5-6-12-11(16)13-9(8(2)3)7-10(14)15/h4,8-9H,1,5-7H2,2-3H3,(H,14,15)(H2,12,13,16). The maximum absolute atomic E-state index is 11.4. The molecule has 0 saturated heterocycles. The molecule has 0 aromatic rings. The molecule has 0 fully saturated rings. The lowest BCUT2D eigenvalue weighted by atomic mass is 10.0. The molecule has 0 aliphatic carbocycles. The van der Waals surface area contributed by atoms with Crippen LogP contribution in [0.3, 0.4) is 0 Å². The molecule has 0 spiro atoms. The Kier molecular flexibility index (Phi) is 7.00. The Labute approximate surface area is 95.9 Å². The van der Waals surface area contributed by atoms with Gasteiger partial charge in [0.25, 0.3) is 0 Å². The van der Waals surface area contributed by atoms with E-state index in [9.17, 15) is 9.59 Å². The maximum atomic E-state index is 11.4. The maximum Gasteiger partial charge on any atom is 0.315 e. The number of aliphatic carboxylic acids is 1. The van der Waals surface area contributed by atoms with E-state index in [-0.39, 0.29) is 24.4 Å². The van der Waals surface area contributed by atoms with Gasteiger partial charge in [-0.1, -0.05) is 19.9 Å². The third kappa shape index (κ3) is 6.86. The number of carbonyl (C=O) groups is 2. The van der Waals surface area contributed by atoms with Crippen molar-refractivity contribution in [3.05, 3.63) is 12.7 Å². The Bertz CT molecular complexity index is 252. The van der Waals surface area contributed by atoms with Crippen molar-refractivity contribution in [1.82, 2.24) is 10.6 Å². The highest BCUT2D eigenvalue weighted by atomic mass is 16.4. The first-order valence-electron chi connectivity index (χ1n) is 5.34. The van der Waals surface area contributed by atoms with Gasteiger partial charge in [0.15, 0.2) is 0 Å². The lowest BCUT2D eigenvalue weighted by Crippen LogP contribution is -2.45. The van der Waals surface area contributed by atoms with Crippen molar-refractivity contribution in [3.63, 3.8) is 0 Å². The number of urea groups is 1. The SMILES string of the molecule is C=CCCNC(=O)NC(CC(=O)O)C(C)C. The van der Waals surface area contributed by atoms with Crippen LogP contribution in [0.15, 0.2) is 12.7 Å². The van der Waals surface area contributed by atoms with Crippen LogP contribution in [0.1, 0.15) is 26.7 Å². The molecule has 2 amide bonds. The van der Waals surface area contributed by atoms with Gasteiger partial charge in [-0.15, -0.1) is 6.58 Å². The third-order valence-corrected chi connectivity index (χ3v) is 2.15. The summed E-state index contributed by atoms with van der Waals surface area (Å²) in [6.45, 7) is 7.79. The van der Waals surface area contributed by atoms with Gasteiger partial charge in [0.05, 0.1) is 6.42 Å². The minimum absolute atomic E-state index is 0.0630. The minimum Gasteiger partial charge on any atom is -0.481 e. The average molecular weight is 228 g/mol. The van der Waals surface area contributed by atoms with Crippen LogP contribution in [0, 0.1) is 5.92 Å². The Balaban J connectivity index is 4.02. The van der Waals surface area contributed by atoms with Crippen molar-refractivity contribution >= 4 is 12.0 Å². The molecule has 0 rings (SSSR count). The van der Waals surface area contributed by atoms with Gasteiger partial charge in [0, 0.05) is 12.6 Å². The number of hydrogen-bond donors (Lipinski definition) is 3. The van der Waals surface area contributed by atoms with E-state index < -0.39 is 5.97 Å². The van der Waals surface area contributed by atoms with E-state index in [1.54, 1.807) is 6.08 Å². The van der Waals surface area contributed by atoms with Crippen LogP contribution >= 0.6 is 0 Å². The summed E-state index contributed by atoms with van der Waals surface area (Å²) < 4.78 is 0. The molecule has 0 aliphatic rings. The number of amides is 2. The molecule has 5 heteroatoms. The Morgan fingerprint density at radius 1 is 1.44 bits per heavy atom. The molecule has 1 atom stereocenters. The average Bonchev–Trinajstić information content (AvgIpc) is 2.16. The van der Waals surface area contributed by atoms with Crippen LogP contribution < -0.4 is 10.6 Å². The summed E-state index contributed by atoms with van der Waals surface area (Å²) in [6, 6.07) is -0.678. The quantitative estimate of drug-likeness (QED) is 0.455. The zero-order valence-corrected chi connectivity index (χ0v) is 9.82. The van der Waals surface area contributed by atoms with Crippen molar-refractivity contribution in [1.29, 1.82) is 0 Å². The first kappa shape index (κ1) is 14.5. The summed E-state index contributed by atoms with van der Waals surface area (Å²) in [5, 5.41) is 13.9. The molecule has 16 heavy (non-hydrogen) atoms. The van der Waals surface area contributed by atoms with Crippen molar-refractivity contribution < 1.29 is 14.7 Å². The second-order valence-corrected chi connectivity index (χ2v) is 3.93. The summed E-state index contributed by atoms with van der Waals surface area (Å²) in [5.41, 5.74) is 0. The number of nitrogens with one attached hydrogen (secondary N) is 2. The lowest BCUT2D eigenvalue weighted by Gasteiger charge is -2.20. The van der Waals surface area contributed by atoms with E-state index >= 15 is 0 Å². The highest BCUT2D eigenvalue weighted by molar-refractivity contribution is 5.75. The molecule has 0 heterocycles. The van der Waals surface area contributed by atoms with Gasteiger partial charge in [-0.2, -0.15) is 0 Å². The van der Waals surface area contributed by atoms with Gasteiger partial charge in [-0.3, -0.25) is 4.79 Å². The summed E-state index contributed by atoms with van der Waals surface area (Å²) >= 11 is 0. The van der Waals surface area contributed by atoms with Gasteiger partial charge in [-0.05, 0) is 12.3 Å². The van der Waals surface area contributed by atoms with Crippen LogP contribution in [-0.2, 0) is 4.79 Å². The molecule has 3 N–H and O–H groups in total. The highest BCUT2D eigenvalue weighted by Crippen LogP contribution is 2.05. The number of rotatable bonds is 7. The topological polar surface area (TPSA) is 78.4 Å². The predicted octanol–water partition coefficient (Wildman–Crippen LogP) is 1.36. The molecule has 0 aliphatic heterocycles. The fourth-order valence-electron chi connectivity index (χ4n) is 1.15. The molecule has 92 valence electrons. The molecule has 0 bridgehead atoms. The smallest absolute Gasteiger partial charge is 0.315 e. The second kappa shape index (κ2) is 7.73. The van der Waals surface area contributed by atoms with E-state index in [1.165, 1.54) is 0 Å². The first-order chi connectivity index (χ1) is 7.47. The third-order valence-electron chi connectivity index (χ3n) is 2.15. The van der Waals surface area contributed by atoms with Crippen molar-refractivity contribution in [2.24, 2.45) is 5.92 Å². The number of hydrogen-bond acceptors (Lipinski definition) is 2. The summed E-state index contributed by atoms with van der Waals surface area (Å²) in [7, 11) is 0. The first-order valence-corrected chi connectivity index (χ1v) is 5.34. The number of carbonyl (C=O) groups excluding carboxylic acids is 1. The summed E-state index contributed by atoms with van der Waals surface area (Å²) in [5.74, 6) is -0.827. The van der Waals surface area contributed by atoms with Gasteiger partial charge in [0.2, 0.25) is 0 Å². The van der Waals surface area contributed by atoms with E-state index in [0.29, 0.717) is 13.0 Å². The van der Waals surface area contributed by atoms with Crippen molar-refractivity contribution in [2.75, 3.05) is 6.54 Å². The minimum atomic E-state index is -0.912. The van der Waals surface area contributed by atoms with Crippen LogP contribution in [0.25, 0.3) is 0 Å². The monoisotopic (exact) mass is 228 g/mol. The fraction of sp³-hybridized carbons (Fsp3) is 0.636. The molecule has 0 radical (unpaired) electrons. The Hall–Kier alpha value is -1.52. The molecule has 0 aromatic heterocycles. The summed E-state index contributed by atoms with van der Waals surface area (Å²) in [4.78, 5) is 21.9. The van der Waals surface area contributed by atoms with E-state index in [4.69, 9.17) is 5.11 Å². The Morgan fingerprint density at radius 2 is 2.06 bits per heavy atom. The molecule has 1 unspecified atom stereocenters. The Morgan fingerprint density at radius 3 is 2.50 bits per heavy atom. The van der Waals surface area contributed by atoms with Crippen LogP contribution in [0.4, 0.5) is 4.79 Å². The van der Waals surface area contributed by atoms with Gasteiger partial charge >= 0.3 is 12.0 Å². The van der Waals surface area contributed by atoms with E-state index in [2.05, 4.69) is 17.2 Å². The highest BCUT2D eigenvalue weighted by Gasteiger charge is 2.18. The number of carboxylic acid groups (broad SMARTS) is 1. The normalized spacial score (nSPS) is 11.9. The van der Waals surface area contributed by atoms with Crippen LogP contribution in [0.5, 0.6) is 0 Å². The molecule has 5 nitrogen and oxygen atoms in total. The number of carboxylic acids is 1. The van der Waals surface area contributed by atoms with Crippen LogP contribution in [0.2, 0.25) is 0 Å². The van der Waals surface area contributed by atoms with E-state index in [1.807, 2.05) is 13.8 Å². The van der Waals surface area contributed by atoms with Crippen molar-refractivity contribution in [3.8, 4) is 0 Å². The lowest BCUT2D eigenvalue weighted by molar-refractivity contribution is -0.137. The molecule has 0 saturated carbocycles. The summed E-state index contributed by atoms with van der Waals surface area (Å²) in [6.07, 6.45) is 2.34. The van der Waals surface area contributed by atoms with Crippen LogP contribution in [-0.4, -0.2) is 29.7 Å². The van der Waals surface area contributed by atoms with E-state index in [0.717, 1.165) is 0 Å². The van der Waals surface area contributed by atoms with Gasteiger partial charge in [-0.25, -0.2) is 4.79 Å². The molecule has 0 aromatic carbocycles. The zero-order chi connectivity index (χ0) is 12.6.